The molecule has 11 nitrogen and oxygen atoms in total. The molecule has 4 atom stereocenters. The zero-order chi connectivity index (χ0) is 30.7. The van der Waals surface area contributed by atoms with E-state index in [4.69, 9.17) is 9.47 Å². The Labute approximate surface area is 234 Å². The SMILES string of the molecule is CCC(C)[C@@H](NC(=O)OC(C)(C)C)C(=O)N(C)CC(=O)N(C)[C@@H](CC(C)C)C(=O)N[C@@H](CC(C)C)C(=O)OC. The maximum atomic E-state index is 13.3. The smallest absolute Gasteiger partial charge is 0.408 e. The van der Waals surface area contributed by atoms with Crippen molar-refractivity contribution in [1.29, 1.82) is 0 Å². The van der Waals surface area contributed by atoms with Gasteiger partial charge in [0.15, 0.2) is 0 Å². The first-order valence-electron chi connectivity index (χ1n) is 13.7. The van der Waals surface area contributed by atoms with Gasteiger partial charge in [0, 0.05) is 14.1 Å². The molecule has 0 aliphatic carbocycles. The van der Waals surface area contributed by atoms with Crippen molar-refractivity contribution in [3.05, 3.63) is 0 Å². The number of amides is 4. The molecule has 0 aliphatic heterocycles. The van der Waals surface area contributed by atoms with Gasteiger partial charge in [-0.1, -0.05) is 48.0 Å². The first-order chi connectivity index (χ1) is 17.8. The van der Waals surface area contributed by atoms with E-state index >= 15 is 0 Å². The minimum atomic E-state index is -0.889. The lowest BCUT2D eigenvalue weighted by atomic mass is 9.98. The molecule has 39 heavy (non-hydrogen) atoms. The lowest BCUT2D eigenvalue weighted by Crippen LogP contribution is -2.56. The standard InChI is InChI=1S/C28H52N4O7/c1-13-19(6)23(30-27(37)39-28(7,8)9)25(35)31(10)16-22(33)32(11)21(15-18(4)5)24(34)29-20(14-17(2)3)26(36)38-12/h17-21,23H,13-16H2,1-12H3,(H,29,34)(H,30,37)/t19?,20-,21-,23+/m0/s1. The van der Waals surface area contributed by atoms with Crippen molar-refractivity contribution in [3.8, 4) is 0 Å². The van der Waals surface area contributed by atoms with E-state index in [9.17, 15) is 24.0 Å². The highest BCUT2D eigenvalue weighted by Crippen LogP contribution is 2.16. The molecule has 226 valence electrons. The number of hydrogen-bond acceptors (Lipinski definition) is 7. The number of esters is 1. The van der Waals surface area contributed by atoms with Gasteiger partial charge in [-0.05, 0) is 51.4 Å². The third kappa shape index (κ3) is 13.2. The average molecular weight is 557 g/mol. The summed E-state index contributed by atoms with van der Waals surface area (Å²) in [6.07, 6.45) is 0.649. The zero-order valence-corrected chi connectivity index (χ0v) is 26.0. The number of nitrogens with one attached hydrogen (secondary N) is 2. The lowest BCUT2D eigenvalue weighted by molar-refractivity contribution is -0.148. The summed E-state index contributed by atoms with van der Waals surface area (Å²) >= 11 is 0. The first kappa shape index (κ1) is 36.1. The Morgan fingerprint density at radius 3 is 1.85 bits per heavy atom. The second kappa shape index (κ2) is 16.3. The Kier molecular flexibility index (Phi) is 15.1. The molecular weight excluding hydrogens is 504 g/mol. The Hall–Kier alpha value is -2.85. The fourth-order valence-corrected chi connectivity index (χ4v) is 3.90. The third-order valence-electron chi connectivity index (χ3n) is 6.27. The number of ether oxygens (including phenoxy) is 2. The van der Waals surface area contributed by atoms with Crippen LogP contribution in [0.4, 0.5) is 4.79 Å². The molecule has 11 heteroatoms. The highest BCUT2D eigenvalue weighted by molar-refractivity contribution is 5.93. The van der Waals surface area contributed by atoms with Gasteiger partial charge in [-0.2, -0.15) is 0 Å². The summed E-state index contributed by atoms with van der Waals surface area (Å²) in [5, 5.41) is 5.39. The molecule has 0 bridgehead atoms. The molecule has 0 spiro atoms. The van der Waals surface area contributed by atoms with Crippen molar-refractivity contribution >= 4 is 29.8 Å². The monoisotopic (exact) mass is 556 g/mol. The molecule has 0 fully saturated rings. The maximum absolute atomic E-state index is 13.3. The summed E-state index contributed by atoms with van der Waals surface area (Å²) in [4.78, 5) is 67.0. The second-order valence-electron chi connectivity index (χ2n) is 12.1. The van der Waals surface area contributed by atoms with E-state index in [0.717, 1.165) is 0 Å². The minimum absolute atomic E-state index is 0.0739. The normalized spacial score (nSPS) is 14.6. The lowest BCUT2D eigenvalue weighted by Gasteiger charge is -2.33. The van der Waals surface area contributed by atoms with Crippen molar-refractivity contribution in [2.24, 2.45) is 17.8 Å². The topological polar surface area (TPSA) is 134 Å². The van der Waals surface area contributed by atoms with E-state index in [2.05, 4.69) is 10.6 Å². The van der Waals surface area contributed by atoms with Gasteiger partial charge < -0.3 is 29.9 Å². The molecule has 1 unspecified atom stereocenters. The van der Waals surface area contributed by atoms with E-state index in [0.29, 0.717) is 19.3 Å². The van der Waals surface area contributed by atoms with Crippen LogP contribution in [0, 0.1) is 17.8 Å². The molecule has 4 amide bonds. The molecule has 0 rings (SSSR count). The highest BCUT2D eigenvalue weighted by Gasteiger charge is 2.34. The molecule has 0 aromatic rings. The number of likely N-dealkylation sites (N-methyl/N-ethyl adjacent to an activating group) is 2. The maximum Gasteiger partial charge on any atom is 0.408 e. The van der Waals surface area contributed by atoms with Crippen molar-refractivity contribution < 1.29 is 33.4 Å². The average Bonchev–Trinajstić information content (AvgIpc) is 2.81. The first-order valence-corrected chi connectivity index (χ1v) is 13.7. The van der Waals surface area contributed by atoms with Crippen molar-refractivity contribution in [3.63, 3.8) is 0 Å². The summed E-state index contributed by atoms with van der Waals surface area (Å²) in [7, 11) is 4.25. The van der Waals surface area contributed by atoms with Crippen LogP contribution in [0.3, 0.4) is 0 Å². The highest BCUT2D eigenvalue weighted by atomic mass is 16.6. The number of carbonyl (C=O) groups excluding carboxylic acids is 5. The number of rotatable bonds is 14. The number of carbonyl (C=O) groups is 5. The quantitative estimate of drug-likeness (QED) is 0.314. The van der Waals surface area contributed by atoms with Gasteiger partial charge in [-0.15, -0.1) is 0 Å². The number of alkyl carbamates (subject to hydrolysis) is 1. The summed E-state index contributed by atoms with van der Waals surface area (Å²) in [6, 6.07) is -2.58. The van der Waals surface area contributed by atoms with Crippen LogP contribution in [0.5, 0.6) is 0 Å². The van der Waals surface area contributed by atoms with Crippen LogP contribution in [0.1, 0.15) is 81.6 Å². The Bertz CT molecular complexity index is 838. The molecule has 0 aromatic heterocycles. The number of methoxy groups -OCH3 is 1. The zero-order valence-electron chi connectivity index (χ0n) is 26.0. The van der Waals surface area contributed by atoms with Crippen LogP contribution in [-0.4, -0.2) is 91.1 Å². The van der Waals surface area contributed by atoms with Crippen LogP contribution >= 0.6 is 0 Å². The van der Waals surface area contributed by atoms with Crippen LogP contribution in [0.15, 0.2) is 0 Å². The summed E-state index contributed by atoms with van der Waals surface area (Å²) < 4.78 is 10.2. The molecule has 0 saturated carbocycles. The van der Waals surface area contributed by atoms with Gasteiger partial charge in [-0.3, -0.25) is 14.4 Å². The fraction of sp³-hybridized carbons (Fsp3) is 0.821. The van der Waals surface area contributed by atoms with Gasteiger partial charge >= 0.3 is 12.1 Å². The molecule has 0 saturated heterocycles. The largest absolute Gasteiger partial charge is 0.467 e. The predicted octanol–water partition coefficient (Wildman–Crippen LogP) is 2.96. The van der Waals surface area contributed by atoms with E-state index in [1.807, 2.05) is 41.5 Å². The molecule has 0 aromatic carbocycles. The fourth-order valence-electron chi connectivity index (χ4n) is 3.90. The summed E-state index contributed by atoms with van der Waals surface area (Å²) in [5.41, 5.74) is -0.730. The predicted molar refractivity (Wildman–Crippen MR) is 150 cm³/mol. The number of hydrogen-bond donors (Lipinski definition) is 2. The Balaban J connectivity index is 5.69. The molecular formula is C28H52N4O7. The second-order valence-corrected chi connectivity index (χ2v) is 12.1. The third-order valence-corrected chi connectivity index (χ3v) is 6.27. The van der Waals surface area contributed by atoms with E-state index in [1.54, 1.807) is 20.8 Å². The summed E-state index contributed by atoms with van der Waals surface area (Å²) in [6.45, 7) is 16.3. The van der Waals surface area contributed by atoms with Gasteiger partial charge in [0.2, 0.25) is 17.7 Å². The van der Waals surface area contributed by atoms with Crippen molar-refractivity contribution in [2.75, 3.05) is 27.7 Å². The van der Waals surface area contributed by atoms with Gasteiger partial charge in [0.1, 0.15) is 23.7 Å². The van der Waals surface area contributed by atoms with Gasteiger partial charge in [0.05, 0.1) is 13.7 Å². The Morgan fingerprint density at radius 2 is 1.41 bits per heavy atom. The van der Waals surface area contributed by atoms with Crippen molar-refractivity contribution in [1.82, 2.24) is 20.4 Å². The van der Waals surface area contributed by atoms with Gasteiger partial charge in [-0.25, -0.2) is 9.59 Å². The van der Waals surface area contributed by atoms with Crippen LogP contribution in [0.2, 0.25) is 0 Å². The number of nitrogens with zero attached hydrogens (tertiary/aromatic N) is 2. The van der Waals surface area contributed by atoms with Crippen molar-refractivity contribution in [2.45, 2.75) is 105 Å². The van der Waals surface area contributed by atoms with E-state index in [1.165, 1.54) is 31.0 Å². The van der Waals surface area contributed by atoms with Crippen LogP contribution in [-0.2, 0) is 28.7 Å². The van der Waals surface area contributed by atoms with Crippen LogP contribution < -0.4 is 10.6 Å². The van der Waals surface area contributed by atoms with Crippen LogP contribution in [0.25, 0.3) is 0 Å². The minimum Gasteiger partial charge on any atom is -0.467 e. The molecule has 0 radical (unpaired) electrons. The summed E-state index contributed by atoms with van der Waals surface area (Å²) in [5.74, 6) is -1.91. The van der Waals surface area contributed by atoms with Gasteiger partial charge in [0.25, 0.3) is 0 Å². The Morgan fingerprint density at radius 1 is 0.872 bits per heavy atom. The molecule has 2 N–H and O–H groups in total. The molecule has 0 heterocycles. The molecule has 0 aliphatic rings. The van der Waals surface area contributed by atoms with E-state index in [-0.39, 0.29) is 24.3 Å². The van der Waals surface area contributed by atoms with E-state index < -0.39 is 53.5 Å².